The van der Waals surface area contributed by atoms with Crippen molar-refractivity contribution in [2.24, 2.45) is 0 Å². The van der Waals surface area contributed by atoms with Crippen molar-refractivity contribution in [3.05, 3.63) is 0 Å². The van der Waals surface area contributed by atoms with Gasteiger partial charge >= 0.3 is 0 Å². The topological polar surface area (TPSA) is 61.4 Å². The summed E-state index contributed by atoms with van der Waals surface area (Å²) in [5, 5.41) is 5.83. The maximum absolute atomic E-state index is 11.6. The van der Waals surface area contributed by atoms with Gasteiger partial charge in [0.1, 0.15) is 0 Å². The first kappa shape index (κ1) is 15.9. The number of nitrogens with one attached hydrogen (secondary N) is 2. The van der Waals surface area contributed by atoms with Gasteiger partial charge < -0.3 is 10.2 Å². The van der Waals surface area contributed by atoms with Crippen LogP contribution in [0.2, 0.25) is 0 Å². The van der Waals surface area contributed by atoms with Crippen molar-refractivity contribution in [1.29, 1.82) is 0 Å². The lowest BCUT2D eigenvalue weighted by atomic mass is 10.2. The second kappa shape index (κ2) is 8.06. The summed E-state index contributed by atoms with van der Waals surface area (Å²) in [4.78, 5) is 24.6. The minimum absolute atomic E-state index is 0.0275. The molecule has 0 fully saturated rings. The molecule has 0 bridgehead atoms. The third-order valence-electron chi connectivity index (χ3n) is 2.73. The Bertz CT molecular complexity index is 250. The van der Waals surface area contributed by atoms with E-state index in [1.54, 1.807) is 21.0 Å². The van der Waals surface area contributed by atoms with Crippen LogP contribution in [0.25, 0.3) is 0 Å². The minimum Gasteiger partial charge on any atom is -0.352 e. The van der Waals surface area contributed by atoms with Crippen LogP contribution in [0.4, 0.5) is 0 Å². The maximum Gasteiger partial charge on any atom is 0.238 e. The summed E-state index contributed by atoms with van der Waals surface area (Å²) >= 11 is 0. The van der Waals surface area contributed by atoms with Crippen LogP contribution < -0.4 is 10.6 Å². The van der Waals surface area contributed by atoms with Crippen molar-refractivity contribution < 1.29 is 9.59 Å². The maximum atomic E-state index is 11.6. The van der Waals surface area contributed by atoms with Crippen molar-refractivity contribution in [1.82, 2.24) is 15.5 Å². The first-order chi connectivity index (χ1) is 7.92. The number of rotatable bonds is 7. The first-order valence-corrected chi connectivity index (χ1v) is 6.16. The second-order valence-corrected chi connectivity index (χ2v) is 4.42. The molecule has 0 rings (SSSR count). The van der Waals surface area contributed by atoms with Gasteiger partial charge in [0.2, 0.25) is 11.8 Å². The van der Waals surface area contributed by atoms with Gasteiger partial charge in [0.05, 0.1) is 12.6 Å². The van der Waals surface area contributed by atoms with Crippen LogP contribution in [-0.2, 0) is 9.59 Å². The molecule has 2 N–H and O–H groups in total. The van der Waals surface area contributed by atoms with E-state index < -0.39 is 0 Å². The average Bonchev–Trinajstić information content (AvgIpc) is 2.31. The Hall–Kier alpha value is -1.10. The zero-order chi connectivity index (χ0) is 13.4. The Morgan fingerprint density at radius 1 is 1.18 bits per heavy atom. The summed E-state index contributed by atoms with van der Waals surface area (Å²) in [6, 6.07) is -0.110. The molecular formula is C12H25N3O2. The largest absolute Gasteiger partial charge is 0.352 e. The summed E-state index contributed by atoms with van der Waals surface area (Å²) in [5.41, 5.74) is 0. The van der Waals surface area contributed by atoms with Gasteiger partial charge in [0.15, 0.2) is 0 Å². The van der Waals surface area contributed by atoms with Gasteiger partial charge in [-0.2, -0.15) is 0 Å². The van der Waals surface area contributed by atoms with Gasteiger partial charge in [-0.25, -0.2) is 0 Å². The zero-order valence-electron chi connectivity index (χ0n) is 11.5. The number of hydrogen-bond donors (Lipinski definition) is 2. The van der Waals surface area contributed by atoms with E-state index in [1.807, 2.05) is 13.8 Å². The quantitative estimate of drug-likeness (QED) is 0.678. The van der Waals surface area contributed by atoms with E-state index >= 15 is 0 Å². The Morgan fingerprint density at radius 2 is 1.71 bits per heavy atom. The van der Waals surface area contributed by atoms with Crippen molar-refractivity contribution >= 4 is 11.8 Å². The van der Waals surface area contributed by atoms with Crippen LogP contribution >= 0.6 is 0 Å². The SMILES string of the molecule is CCC(CC)NC(=O)CNC(C)C(=O)N(C)C. The summed E-state index contributed by atoms with van der Waals surface area (Å²) in [7, 11) is 3.40. The molecule has 1 unspecified atom stereocenters. The van der Waals surface area contributed by atoms with E-state index in [4.69, 9.17) is 0 Å². The van der Waals surface area contributed by atoms with Crippen molar-refractivity contribution in [3.8, 4) is 0 Å². The molecule has 1 atom stereocenters. The van der Waals surface area contributed by atoms with E-state index in [9.17, 15) is 9.59 Å². The number of hydrogen-bond acceptors (Lipinski definition) is 3. The van der Waals surface area contributed by atoms with Crippen LogP contribution in [0.15, 0.2) is 0 Å². The molecule has 0 aliphatic rings. The summed E-state index contributed by atoms with van der Waals surface area (Å²) in [5.74, 6) is -0.0857. The van der Waals surface area contributed by atoms with Gasteiger partial charge in [-0.1, -0.05) is 13.8 Å². The van der Waals surface area contributed by atoms with Gasteiger partial charge in [-0.05, 0) is 19.8 Å². The summed E-state index contributed by atoms with van der Waals surface area (Å²) < 4.78 is 0. The minimum atomic E-state index is -0.336. The van der Waals surface area contributed by atoms with Crippen molar-refractivity contribution in [2.75, 3.05) is 20.6 Å². The predicted octanol–water partition coefficient (Wildman–Crippen LogP) is 0.358. The van der Waals surface area contributed by atoms with Crippen LogP contribution in [0, 0.1) is 0 Å². The predicted molar refractivity (Wildman–Crippen MR) is 68.7 cm³/mol. The molecule has 0 heterocycles. The summed E-state index contributed by atoms with van der Waals surface area (Å²) in [6.07, 6.45) is 1.85. The number of amides is 2. The Kier molecular flexibility index (Phi) is 7.54. The van der Waals surface area contributed by atoms with E-state index in [1.165, 1.54) is 4.90 Å². The smallest absolute Gasteiger partial charge is 0.238 e. The van der Waals surface area contributed by atoms with E-state index in [0.29, 0.717) is 0 Å². The second-order valence-electron chi connectivity index (χ2n) is 4.42. The van der Waals surface area contributed by atoms with Crippen LogP contribution in [-0.4, -0.2) is 49.4 Å². The van der Waals surface area contributed by atoms with Gasteiger partial charge in [-0.3, -0.25) is 14.9 Å². The Balaban J connectivity index is 3.95. The molecule has 5 nitrogen and oxygen atoms in total. The molecule has 0 aromatic carbocycles. The third-order valence-corrected chi connectivity index (χ3v) is 2.73. The van der Waals surface area contributed by atoms with Gasteiger partial charge in [0, 0.05) is 20.1 Å². The lowest BCUT2D eigenvalue weighted by Gasteiger charge is -2.19. The normalized spacial score (nSPS) is 12.4. The molecule has 0 aromatic heterocycles. The standard InChI is InChI=1S/C12H25N3O2/c1-6-10(7-2)14-11(16)8-13-9(3)12(17)15(4)5/h9-10,13H,6-8H2,1-5H3,(H,14,16). The van der Waals surface area contributed by atoms with Crippen molar-refractivity contribution in [2.45, 2.75) is 45.7 Å². The Labute approximate surface area is 104 Å². The molecule has 0 radical (unpaired) electrons. The lowest BCUT2D eigenvalue weighted by Crippen LogP contribution is -2.47. The average molecular weight is 243 g/mol. The van der Waals surface area contributed by atoms with E-state index in [2.05, 4.69) is 10.6 Å². The van der Waals surface area contributed by atoms with Gasteiger partial charge in [0.25, 0.3) is 0 Å². The first-order valence-electron chi connectivity index (χ1n) is 6.16. The van der Waals surface area contributed by atoms with E-state index in [0.717, 1.165) is 12.8 Å². The van der Waals surface area contributed by atoms with Crippen LogP contribution in [0.3, 0.4) is 0 Å². The fraction of sp³-hybridized carbons (Fsp3) is 0.833. The molecule has 100 valence electrons. The number of nitrogens with zero attached hydrogens (tertiary/aromatic N) is 1. The Morgan fingerprint density at radius 3 is 2.12 bits per heavy atom. The fourth-order valence-electron chi connectivity index (χ4n) is 1.49. The summed E-state index contributed by atoms with van der Waals surface area (Å²) in [6.45, 7) is 6.02. The van der Waals surface area contributed by atoms with E-state index in [-0.39, 0.29) is 30.4 Å². The van der Waals surface area contributed by atoms with Crippen LogP contribution in [0.1, 0.15) is 33.6 Å². The molecule has 0 saturated heterocycles. The van der Waals surface area contributed by atoms with Crippen molar-refractivity contribution in [3.63, 3.8) is 0 Å². The lowest BCUT2D eigenvalue weighted by molar-refractivity contribution is -0.130. The molecule has 0 aliphatic carbocycles. The molecule has 17 heavy (non-hydrogen) atoms. The molecule has 0 saturated carbocycles. The fourth-order valence-corrected chi connectivity index (χ4v) is 1.49. The highest BCUT2D eigenvalue weighted by Crippen LogP contribution is 1.95. The molecule has 5 heteroatoms. The highest BCUT2D eigenvalue weighted by molar-refractivity contribution is 5.83. The molecule has 0 aromatic rings. The highest BCUT2D eigenvalue weighted by Gasteiger charge is 2.15. The van der Waals surface area contributed by atoms with Gasteiger partial charge in [-0.15, -0.1) is 0 Å². The monoisotopic (exact) mass is 243 g/mol. The molecule has 0 aliphatic heterocycles. The zero-order valence-corrected chi connectivity index (χ0v) is 11.5. The number of likely N-dealkylation sites (N-methyl/N-ethyl adjacent to an activating group) is 1. The highest BCUT2D eigenvalue weighted by atomic mass is 16.2. The molecule has 0 spiro atoms. The molecule has 2 amide bonds. The van der Waals surface area contributed by atoms with Crippen LogP contribution in [0.5, 0.6) is 0 Å². The third kappa shape index (κ3) is 6.26. The molecular weight excluding hydrogens is 218 g/mol. The number of carbonyl (C=O) groups excluding carboxylic acids is 2. The number of carbonyl (C=O) groups is 2.